The zero-order chi connectivity index (χ0) is 12.3. The van der Waals surface area contributed by atoms with Crippen molar-refractivity contribution in [3.63, 3.8) is 0 Å². The van der Waals surface area contributed by atoms with E-state index in [1.807, 2.05) is 12.1 Å². The molecule has 1 heterocycles. The van der Waals surface area contributed by atoms with Gasteiger partial charge in [0.15, 0.2) is 0 Å². The van der Waals surface area contributed by atoms with E-state index in [2.05, 4.69) is 31.4 Å². The van der Waals surface area contributed by atoms with E-state index >= 15 is 0 Å². The van der Waals surface area contributed by atoms with Gasteiger partial charge in [-0.05, 0) is 18.2 Å². The Balaban J connectivity index is 2.01. The Morgan fingerprint density at radius 2 is 2.35 bits per heavy atom. The summed E-state index contributed by atoms with van der Waals surface area (Å²) in [7, 11) is 0. The summed E-state index contributed by atoms with van der Waals surface area (Å²) in [6.07, 6.45) is 1.59. The molecular weight excluding hydrogens is 284 g/mol. The van der Waals surface area contributed by atoms with Crippen molar-refractivity contribution in [3.05, 3.63) is 46.1 Å². The van der Waals surface area contributed by atoms with Gasteiger partial charge in [0, 0.05) is 22.1 Å². The number of aromatic amines is 1. The maximum absolute atomic E-state index is 11.8. The smallest absolute Gasteiger partial charge is 0.251 e. The van der Waals surface area contributed by atoms with E-state index in [1.165, 1.54) is 0 Å². The maximum atomic E-state index is 11.8. The fraction of sp³-hybridized carbons (Fsp3) is 0.0909. The standard InChI is InChI=1S/C11H11BrN4O/c12-9-3-1-2-7(4-9)11(17)14-5-8-6-15-16-10(8)13/h1-4,6H,5H2,(H,14,17)(H3,13,15,16). The predicted octanol–water partition coefficient (Wildman–Crippen LogP) is 1.68. The Kier molecular flexibility index (Phi) is 3.43. The van der Waals surface area contributed by atoms with Crippen molar-refractivity contribution in [2.75, 3.05) is 5.73 Å². The first kappa shape index (κ1) is 11.7. The summed E-state index contributed by atoms with van der Waals surface area (Å²) in [6.45, 7) is 0.355. The molecule has 4 N–H and O–H groups in total. The minimum absolute atomic E-state index is 0.146. The van der Waals surface area contributed by atoms with Crippen molar-refractivity contribution in [3.8, 4) is 0 Å². The van der Waals surface area contributed by atoms with Gasteiger partial charge in [-0.25, -0.2) is 0 Å². The lowest BCUT2D eigenvalue weighted by Gasteiger charge is -2.04. The number of nitrogen functional groups attached to an aromatic ring is 1. The third kappa shape index (κ3) is 2.85. The molecule has 1 aromatic carbocycles. The molecule has 0 spiro atoms. The molecule has 2 rings (SSSR count). The van der Waals surface area contributed by atoms with E-state index in [0.29, 0.717) is 17.9 Å². The number of carbonyl (C=O) groups is 1. The largest absolute Gasteiger partial charge is 0.384 e. The van der Waals surface area contributed by atoms with Crippen LogP contribution in [-0.4, -0.2) is 16.1 Å². The van der Waals surface area contributed by atoms with Gasteiger partial charge < -0.3 is 11.1 Å². The van der Waals surface area contributed by atoms with Crippen LogP contribution >= 0.6 is 15.9 Å². The third-order valence-electron chi connectivity index (χ3n) is 2.28. The zero-order valence-electron chi connectivity index (χ0n) is 8.90. The van der Waals surface area contributed by atoms with Crippen molar-refractivity contribution >= 4 is 27.7 Å². The van der Waals surface area contributed by atoms with Gasteiger partial charge in [-0.1, -0.05) is 22.0 Å². The number of aromatic nitrogens is 2. The van der Waals surface area contributed by atoms with E-state index < -0.39 is 0 Å². The first-order chi connectivity index (χ1) is 8.16. The average molecular weight is 295 g/mol. The molecule has 0 atom stereocenters. The van der Waals surface area contributed by atoms with Crippen molar-refractivity contribution in [2.24, 2.45) is 0 Å². The minimum atomic E-state index is -0.146. The number of hydrogen-bond acceptors (Lipinski definition) is 3. The summed E-state index contributed by atoms with van der Waals surface area (Å²) in [5, 5.41) is 9.16. The average Bonchev–Trinajstić information content (AvgIpc) is 2.72. The van der Waals surface area contributed by atoms with Crippen LogP contribution in [0, 0.1) is 0 Å². The van der Waals surface area contributed by atoms with Crippen LogP contribution in [0.3, 0.4) is 0 Å². The number of halogens is 1. The van der Waals surface area contributed by atoms with E-state index in [9.17, 15) is 4.79 Å². The second kappa shape index (κ2) is 5.01. The molecule has 1 aromatic heterocycles. The van der Waals surface area contributed by atoms with Gasteiger partial charge in [-0.15, -0.1) is 0 Å². The van der Waals surface area contributed by atoms with E-state index in [1.54, 1.807) is 18.3 Å². The molecule has 0 unspecified atom stereocenters. The molecular formula is C11H11BrN4O. The summed E-state index contributed by atoms with van der Waals surface area (Å²) < 4.78 is 0.868. The summed E-state index contributed by atoms with van der Waals surface area (Å²) in [5.74, 6) is 0.325. The fourth-order valence-electron chi connectivity index (χ4n) is 1.37. The van der Waals surface area contributed by atoms with Crippen LogP contribution in [0.4, 0.5) is 5.82 Å². The second-order valence-corrected chi connectivity index (χ2v) is 4.42. The van der Waals surface area contributed by atoms with Crippen molar-refractivity contribution < 1.29 is 4.79 Å². The first-order valence-corrected chi connectivity index (χ1v) is 5.77. The summed E-state index contributed by atoms with van der Waals surface area (Å²) in [5.41, 5.74) is 6.98. The number of nitrogens with one attached hydrogen (secondary N) is 2. The topological polar surface area (TPSA) is 83.8 Å². The Labute approximate surface area is 107 Å². The van der Waals surface area contributed by atoms with Gasteiger partial charge in [0.1, 0.15) is 5.82 Å². The summed E-state index contributed by atoms with van der Waals surface area (Å²) in [6, 6.07) is 7.18. The van der Waals surface area contributed by atoms with Crippen LogP contribution in [0.2, 0.25) is 0 Å². The van der Waals surface area contributed by atoms with Gasteiger partial charge >= 0.3 is 0 Å². The monoisotopic (exact) mass is 294 g/mol. The predicted molar refractivity (Wildman–Crippen MR) is 68.3 cm³/mol. The van der Waals surface area contributed by atoms with E-state index in [-0.39, 0.29) is 5.91 Å². The van der Waals surface area contributed by atoms with Crippen LogP contribution in [0.25, 0.3) is 0 Å². The number of H-pyrrole nitrogens is 1. The van der Waals surface area contributed by atoms with Crippen molar-refractivity contribution in [1.82, 2.24) is 15.5 Å². The molecule has 0 saturated heterocycles. The van der Waals surface area contributed by atoms with Gasteiger partial charge in [-0.3, -0.25) is 9.89 Å². The van der Waals surface area contributed by atoms with Crippen LogP contribution < -0.4 is 11.1 Å². The van der Waals surface area contributed by atoms with Crippen molar-refractivity contribution in [2.45, 2.75) is 6.54 Å². The lowest BCUT2D eigenvalue weighted by Crippen LogP contribution is -2.22. The number of carbonyl (C=O) groups excluding carboxylic acids is 1. The van der Waals surface area contributed by atoms with Gasteiger partial charge in [0.2, 0.25) is 0 Å². The molecule has 0 aliphatic carbocycles. The molecule has 17 heavy (non-hydrogen) atoms. The fourth-order valence-corrected chi connectivity index (χ4v) is 1.77. The molecule has 2 aromatic rings. The maximum Gasteiger partial charge on any atom is 0.251 e. The lowest BCUT2D eigenvalue weighted by atomic mass is 10.2. The molecule has 0 bridgehead atoms. The minimum Gasteiger partial charge on any atom is -0.384 e. The molecule has 88 valence electrons. The normalized spacial score (nSPS) is 10.2. The number of hydrogen-bond donors (Lipinski definition) is 3. The highest BCUT2D eigenvalue weighted by Crippen LogP contribution is 2.12. The summed E-state index contributed by atoms with van der Waals surface area (Å²) in [4.78, 5) is 11.8. The highest BCUT2D eigenvalue weighted by atomic mass is 79.9. The van der Waals surface area contributed by atoms with Gasteiger partial charge in [0.25, 0.3) is 5.91 Å². The molecule has 1 amide bonds. The first-order valence-electron chi connectivity index (χ1n) is 4.98. The molecule has 0 aliphatic rings. The zero-order valence-corrected chi connectivity index (χ0v) is 10.5. The van der Waals surface area contributed by atoms with E-state index in [0.717, 1.165) is 10.0 Å². The van der Waals surface area contributed by atoms with Gasteiger partial charge in [0.05, 0.1) is 6.20 Å². The van der Waals surface area contributed by atoms with Gasteiger partial charge in [-0.2, -0.15) is 5.10 Å². The number of nitrogens with zero attached hydrogens (tertiary/aromatic N) is 1. The number of nitrogens with two attached hydrogens (primary N) is 1. The van der Waals surface area contributed by atoms with Crippen LogP contribution in [-0.2, 0) is 6.54 Å². The quantitative estimate of drug-likeness (QED) is 0.805. The Morgan fingerprint density at radius 3 is 3.00 bits per heavy atom. The highest BCUT2D eigenvalue weighted by Gasteiger charge is 2.07. The van der Waals surface area contributed by atoms with Crippen LogP contribution in [0.5, 0.6) is 0 Å². The molecule has 5 nitrogen and oxygen atoms in total. The molecule has 6 heteroatoms. The lowest BCUT2D eigenvalue weighted by molar-refractivity contribution is 0.0951. The number of amides is 1. The van der Waals surface area contributed by atoms with Crippen molar-refractivity contribution in [1.29, 1.82) is 0 Å². The number of anilines is 1. The Bertz CT molecular complexity index is 538. The SMILES string of the molecule is Nc1[nH]ncc1CNC(=O)c1cccc(Br)c1. The molecule has 0 fully saturated rings. The third-order valence-corrected chi connectivity index (χ3v) is 2.77. The molecule has 0 aliphatic heterocycles. The molecule has 0 saturated carbocycles. The summed E-state index contributed by atoms with van der Waals surface area (Å²) >= 11 is 3.32. The number of rotatable bonds is 3. The van der Waals surface area contributed by atoms with E-state index in [4.69, 9.17) is 5.73 Å². The Hall–Kier alpha value is -1.82. The van der Waals surface area contributed by atoms with Crippen LogP contribution in [0.1, 0.15) is 15.9 Å². The Morgan fingerprint density at radius 1 is 1.53 bits per heavy atom. The van der Waals surface area contributed by atoms with Crippen LogP contribution in [0.15, 0.2) is 34.9 Å². The highest BCUT2D eigenvalue weighted by molar-refractivity contribution is 9.10. The number of benzene rings is 1. The molecule has 0 radical (unpaired) electrons. The second-order valence-electron chi connectivity index (χ2n) is 3.50.